The number of allylic oxidation sites excluding steroid dienone is 1. The topological polar surface area (TPSA) is 90.4 Å². The highest BCUT2D eigenvalue weighted by Gasteiger charge is 2.72. The first-order chi connectivity index (χ1) is 20.3. The Bertz CT molecular complexity index is 1210. The number of esters is 1. The molecular weight excluding hydrogens is 550 g/mol. The van der Waals surface area contributed by atoms with Crippen LogP contribution >= 0.6 is 11.8 Å². The van der Waals surface area contributed by atoms with Gasteiger partial charge in [0.1, 0.15) is 6.04 Å². The molecule has 5 rings (SSSR count). The molecule has 1 aromatic carbocycles. The van der Waals surface area contributed by atoms with Crippen LogP contribution in [0.1, 0.15) is 53.4 Å². The number of amides is 2. The second-order valence-electron chi connectivity index (χ2n) is 11.9. The molecule has 9 heteroatoms. The van der Waals surface area contributed by atoms with Gasteiger partial charge in [-0.3, -0.25) is 14.4 Å². The Labute approximate surface area is 254 Å². The Morgan fingerprint density at radius 2 is 1.81 bits per heavy atom. The lowest BCUT2D eigenvalue weighted by Crippen LogP contribution is -2.58. The molecule has 1 N–H and O–H groups in total. The monoisotopic (exact) mass is 595 g/mol. The minimum absolute atomic E-state index is 0.0339. The van der Waals surface area contributed by atoms with Crippen LogP contribution in [0.15, 0.2) is 48.6 Å². The molecule has 0 saturated carbocycles. The van der Waals surface area contributed by atoms with E-state index in [0.717, 1.165) is 50.1 Å². The van der Waals surface area contributed by atoms with Gasteiger partial charge in [-0.2, -0.15) is 0 Å². The second kappa shape index (κ2) is 12.8. The number of likely N-dealkylation sites (tertiary alicyclic amines) is 1. The van der Waals surface area contributed by atoms with Gasteiger partial charge in [0.25, 0.3) is 5.91 Å². The molecule has 0 aliphatic carbocycles. The highest BCUT2D eigenvalue weighted by atomic mass is 32.2. The molecule has 4 heterocycles. The molecule has 2 saturated heterocycles. The predicted molar refractivity (Wildman–Crippen MR) is 167 cm³/mol. The lowest BCUT2D eigenvalue weighted by atomic mass is 9.78. The fourth-order valence-corrected chi connectivity index (χ4v) is 9.18. The predicted octanol–water partition coefficient (Wildman–Crippen LogP) is 4.42. The van der Waals surface area contributed by atoms with Gasteiger partial charge in [0.2, 0.25) is 5.91 Å². The molecule has 0 aromatic heterocycles. The summed E-state index contributed by atoms with van der Waals surface area (Å²) in [5.41, 5.74) is 1.85. The molecule has 228 valence electrons. The summed E-state index contributed by atoms with van der Waals surface area (Å²) < 4.78 is 4.78. The third kappa shape index (κ3) is 5.17. The number of ether oxygens (including phenoxy) is 1. The molecule has 42 heavy (non-hydrogen) atoms. The average Bonchev–Trinajstić information content (AvgIpc) is 3.39. The molecule has 1 unspecified atom stereocenters. The number of anilines is 2. The summed E-state index contributed by atoms with van der Waals surface area (Å²) in [6.07, 6.45) is 11.5. The molecule has 8 nitrogen and oxygen atoms in total. The zero-order chi connectivity index (χ0) is 30.0. The Morgan fingerprint density at radius 1 is 1.07 bits per heavy atom. The van der Waals surface area contributed by atoms with Crippen molar-refractivity contribution in [3.63, 3.8) is 0 Å². The zero-order valence-corrected chi connectivity index (χ0v) is 26.1. The molecule has 1 spiro atoms. The Morgan fingerprint density at radius 3 is 2.48 bits per heavy atom. The van der Waals surface area contributed by atoms with Crippen molar-refractivity contribution < 1.29 is 24.2 Å². The fourth-order valence-electron chi connectivity index (χ4n) is 7.19. The van der Waals surface area contributed by atoms with Gasteiger partial charge in [-0.05, 0) is 63.3 Å². The van der Waals surface area contributed by atoms with E-state index < -0.39 is 28.7 Å². The van der Waals surface area contributed by atoms with Crippen molar-refractivity contribution in [3.05, 3.63) is 48.6 Å². The molecule has 1 aromatic rings. The van der Waals surface area contributed by atoms with Gasteiger partial charge in [-0.1, -0.05) is 44.6 Å². The van der Waals surface area contributed by atoms with E-state index in [9.17, 15) is 19.5 Å². The third-order valence-electron chi connectivity index (χ3n) is 9.67. The van der Waals surface area contributed by atoms with Crippen molar-refractivity contribution in [3.8, 4) is 0 Å². The minimum atomic E-state index is -0.947. The van der Waals surface area contributed by atoms with E-state index in [1.807, 2.05) is 50.3 Å². The summed E-state index contributed by atoms with van der Waals surface area (Å²) in [6.45, 7) is 10.5. The summed E-state index contributed by atoms with van der Waals surface area (Å²) in [4.78, 5) is 48.6. The zero-order valence-electron chi connectivity index (χ0n) is 25.3. The van der Waals surface area contributed by atoms with Crippen LogP contribution in [0, 0.1) is 17.8 Å². The number of thioether (sulfide) groups is 1. The number of rotatable bonds is 8. The number of nitrogens with zero attached hydrogens (tertiary/aromatic N) is 3. The smallest absolute Gasteiger partial charge is 0.311 e. The van der Waals surface area contributed by atoms with Crippen LogP contribution in [0.5, 0.6) is 0 Å². The first-order valence-electron chi connectivity index (χ1n) is 15.6. The van der Waals surface area contributed by atoms with Gasteiger partial charge in [0.15, 0.2) is 0 Å². The van der Waals surface area contributed by atoms with Crippen molar-refractivity contribution in [2.24, 2.45) is 17.8 Å². The number of hydrogen-bond acceptors (Lipinski definition) is 7. The second-order valence-corrected chi connectivity index (χ2v) is 13.3. The molecule has 0 radical (unpaired) electrons. The van der Waals surface area contributed by atoms with E-state index in [1.54, 1.807) is 21.6 Å². The normalized spacial score (nSPS) is 31.5. The maximum Gasteiger partial charge on any atom is 0.311 e. The van der Waals surface area contributed by atoms with E-state index in [2.05, 4.69) is 30.9 Å². The number of fused-ring (bicyclic) bond motifs is 2. The van der Waals surface area contributed by atoms with E-state index in [-0.39, 0.29) is 35.6 Å². The quantitative estimate of drug-likeness (QED) is 0.352. The molecule has 7 atom stereocenters. The van der Waals surface area contributed by atoms with Crippen molar-refractivity contribution in [2.75, 3.05) is 42.6 Å². The van der Waals surface area contributed by atoms with Gasteiger partial charge in [-0.25, -0.2) is 0 Å². The van der Waals surface area contributed by atoms with E-state index in [0.29, 0.717) is 13.2 Å². The van der Waals surface area contributed by atoms with Crippen LogP contribution < -0.4 is 9.80 Å². The molecule has 4 aliphatic heterocycles. The lowest BCUT2D eigenvalue weighted by Gasteiger charge is -2.40. The molecule has 2 fully saturated rings. The summed E-state index contributed by atoms with van der Waals surface area (Å²) in [7, 11) is 0. The van der Waals surface area contributed by atoms with Crippen LogP contribution in [0.25, 0.3) is 0 Å². The molecule has 2 amide bonds. The summed E-state index contributed by atoms with van der Waals surface area (Å²) in [6, 6.07) is 6.62. The number of cyclic esters (lactones) is 1. The number of aliphatic hydroxyl groups excluding tert-OH is 1. The number of benzene rings is 1. The van der Waals surface area contributed by atoms with Crippen LogP contribution in [0.4, 0.5) is 11.4 Å². The van der Waals surface area contributed by atoms with Gasteiger partial charge in [-0.15, -0.1) is 11.8 Å². The standard InChI is InChI=1S/C33H45N3O5S/c1-5-22(4)25(21-37)36-29-31(39)35(24-16-14-23(15-17-24)34(6-2)7-3)19-12-18-33(29)28(30(36)38)27-26(42-33)13-10-8-9-11-20-41-32(27)40/h10,12-18,22,25-29,37H,5-9,11,19-21H2,1-4H3/b13-10-/t22-,25-,26+,27-,28-,29?,33-/m0/s1. The van der Waals surface area contributed by atoms with Crippen LogP contribution in [-0.4, -0.2) is 82.7 Å². The minimum Gasteiger partial charge on any atom is -0.465 e. The number of hydrogen-bond donors (Lipinski definition) is 1. The highest BCUT2D eigenvalue weighted by Crippen LogP contribution is 2.61. The Balaban J connectivity index is 1.60. The van der Waals surface area contributed by atoms with Crippen LogP contribution in [-0.2, 0) is 19.1 Å². The number of aliphatic hydroxyl groups is 1. The summed E-state index contributed by atoms with van der Waals surface area (Å²) >= 11 is 1.55. The van der Waals surface area contributed by atoms with E-state index in [4.69, 9.17) is 4.74 Å². The van der Waals surface area contributed by atoms with Gasteiger partial charge in [0, 0.05) is 36.3 Å². The lowest BCUT2D eigenvalue weighted by molar-refractivity contribution is -0.153. The molecule has 0 bridgehead atoms. The van der Waals surface area contributed by atoms with Gasteiger partial charge < -0.3 is 24.5 Å². The van der Waals surface area contributed by atoms with E-state index >= 15 is 0 Å². The highest BCUT2D eigenvalue weighted by molar-refractivity contribution is 8.02. The van der Waals surface area contributed by atoms with Crippen LogP contribution in [0.3, 0.4) is 0 Å². The largest absolute Gasteiger partial charge is 0.465 e. The fraction of sp³-hybridized carbons (Fsp3) is 0.606. The SMILES string of the molecule is CC[C@H](C)[C@H](CO)N1C(=O)[C@@H]2[C@H]3C(=O)OCCCC/C=C\[C@H]3S[C@@]23C=CCN(c2ccc(N(CC)CC)cc2)C(=O)C13. The van der Waals surface area contributed by atoms with Gasteiger partial charge in [0.05, 0.1) is 35.8 Å². The van der Waals surface area contributed by atoms with Gasteiger partial charge >= 0.3 is 5.97 Å². The van der Waals surface area contributed by atoms with Crippen molar-refractivity contribution in [2.45, 2.75) is 75.5 Å². The maximum absolute atomic E-state index is 14.8. The third-order valence-corrected chi connectivity index (χ3v) is 11.4. The Hall–Kier alpha value is -2.78. The first kappa shape index (κ1) is 30.7. The van der Waals surface area contributed by atoms with Crippen molar-refractivity contribution >= 4 is 40.9 Å². The summed E-state index contributed by atoms with van der Waals surface area (Å²) in [5, 5.41) is 10.3. The van der Waals surface area contributed by atoms with Crippen molar-refractivity contribution in [1.82, 2.24) is 4.90 Å². The first-order valence-corrected chi connectivity index (χ1v) is 16.5. The Kier molecular flexibility index (Phi) is 9.38. The number of carbonyl (C=O) groups excluding carboxylic acids is 3. The molecular formula is C33H45N3O5S. The summed E-state index contributed by atoms with van der Waals surface area (Å²) in [5.74, 6) is -2.27. The molecule has 4 aliphatic rings. The number of carbonyl (C=O) groups is 3. The van der Waals surface area contributed by atoms with E-state index in [1.165, 1.54) is 0 Å². The van der Waals surface area contributed by atoms with Crippen molar-refractivity contribution in [1.29, 1.82) is 0 Å². The maximum atomic E-state index is 14.8. The van der Waals surface area contributed by atoms with Crippen LogP contribution in [0.2, 0.25) is 0 Å². The average molecular weight is 596 g/mol.